The molecule has 2 rings (SSSR count). The van der Waals surface area contributed by atoms with Crippen molar-refractivity contribution in [2.75, 3.05) is 14.1 Å². The number of halogens is 6. The molecule has 0 spiro atoms. The van der Waals surface area contributed by atoms with Gasteiger partial charge in [0.15, 0.2) is 0 Å². The number of fused-ring (bicyclic) bond motifs is 2. The van der Waals surface area contributed by atoms with Crippen molar-refractivity contribution in [2.45, 2.75) is 31.3 Å². The number of carbonyl (C=O) groups is 1. The molecule has 0 amide bonds. The van der Waals surface area contributed by atoms with Gasteiger partial charge in [0.25, 0.3) is 6.10 Å². The fraction of sp³-hybridized carbons (Fsp3) is 0.714. The van der Waals surface area contributed by atoms with Crippen molar-refractivity contribution < 1.29 is 35.9 Å². The van der Waals surface area contributed by atoms with Crippen molar-refractivity contribution in [3.05, 3.63) is 12.2 Å². The van der Waals surface area contributed by atoms with Crippen LogP contribution < -0.4 is 0 Å². The summed E-state index contributed by atoms with van der Waals surface area (Å²) >= 11 is 0. The van der Waals surface area contributed by atoms with E-state index < -0.39 is 41.7 Å². The molecule has 3 atom stereocenters. The minimum atomic E-state index is -5.70. The topological polar surface area (TPSA) is 41.9 Å². The first-order chi connectivity index (χ1) is 10.8. The smallest absolute Gasteiger partial charge is 0.434 e. The van der Waals surface area contributed by atoms with Crippen molar-refractivity contribution in [3.8, 4) is 0 Å². The first-order valence-electron chi connectivity index (χ1n) is 7.10. The quantitative estimate of drug-likeness (QED) is 0.255. The molecule has 2 aliphatic carbocycles. The van der Waals surface area contributed by atoms with Crippen LogP contribution in [0.15, 0.2) is 17.3 Å². The maximum Gasteiger partial charge on any atom is 0.434 e. The van der Waals surface area contributed by atoms with E-state index in [-0.39, 0.29) is 6.42 Å². The summed E-state index contributed by atoms with van der Waals surface area (Å²) < 4.78 is 78.8. The second-order valence-corrected chi connectivity index (χ2v) is 6.26. The highest BCUT2D eigenvalue weighted by Crippen LogP contribution is 2.52. The van der Waals surface area contributed by atoms with Crippen LogP contribution in [0.4, 0.5) is 26.3 Å². The van der Waals surface area contributed by atoms with Gasteiger partial charge in [-0.2, -0.15) is 31.4 Å². The predicted octanol–water partition coefficient (Wildman–Crippen LogP) is 3.15. The van der Waals surface area contributed by atoms with E-state index in [0.29, 0.717) is 6.42 Å². The lowest BCUT2D eigenvalue weighted by Gasteiger charge is -2.26. The summed E-state index contributed by atoms with van der Waals surface area (Å²) in [4.78, 5) is 11.9. The average molecular weight is 358 g/mol. The van der Waals surface area contributed by atoms with Gasteiger partial charge in [-0.1, -0.05) is 12.2 Å². The first-order valence-corrected chi connectivity index (χ1v) is 7.10. The van der Waals surface area contributed by atoms with Crippen LogP contribution in [0.3, 0.4) is 0 Å². The highest BCUT2D eigenvalue weighted by molar-refractivity contribution is 5.79. The molecule has 1 fully saturated rings. The lowest BCUT2D eigenvalue weighted by Crippen LogP contribution is -2.46. The zero-order valence-corrected chi connectivity index (χ0v) is 12.9. The molecule has 2 unspecified atom stereocenters. The summed E-state index contributed by atoms with van der Waals surface area (Å²) in [5, 5.41) is 5.56. The van der Waals surface area contributed by atoms with E-state index in [1.54, 1.807) is 32.5 Å². The standard InChI is InChI=1S/C14H16F6N2O2/c1-22(2)21-7-12-4-3-8(5-12)9(6-12)10(23)24-11(13(15,16)17)14(18,19)20/h3-4,7-9,11H,5-6H2,1-2H3/b21-7+/t8-,9?,12?/m0/s1. The molecule has 10 heteroatoms. The lowest BCUT2D eigenvalue weighted by atomic mass is 9.85. The molecule has 0 aliphatic heterocycles. The number of hydrogen-bond donors (Lipinski definition) is 0. The zero-order chi connectivity index (χ0) is 18.3. The normalized spacial score (nSPS) is 29.7. The molecule has 0 radical (unpaired) electrons. The molecular weight excluding hydrogens is 342 g/mol. The Labute approximate surface area is 134 Å². The Hall–Kier alpha value is -1.74. The molecule has 4 nitrogen and oxygen atoms in total. The third-order valence-corrected chi connectivity index (χ3v) is 4.08. The number of alkyl halides is 6. The van der Waals surface area contributed by atoms with Gasteiger partial charge in [0.05, 0.1) is 5.92 Å². The summed E-state index contributed by atoms with van der Waals surface area (Å²) in [5.74, 6) is -2.98. The summed E-state index contributed by atoms with van der Waals surface area (Å²) in [6.45, 7) is 0. The van der Waals surface area contributed by atoms with Gasteiger partial charge in [0.2, 0.25) is 0 Å². The van der Waals surface area contributed by atoms with Crippen molar-refractivity contribution in [1.82, 2.24) is 5.01 Å². The molecule has 1 saturated carbocycles. The molecule has 0 saturated heterocycles. The van der Waals surface area contributed by atoms with E-state index in [1.165, 1.54) is 5.01 Å². The van der Waals surface area contributed by atoms with Crippen LogP contribution >= 0.6 is 0 Å². The summed E-state index contributed by atoms with van der Waals surface area (Å²) in [6.07, 6.45) is -10.1. The van der Waals surface area contributed by atoms with Gasteiger partial charge in [-0.25, -0.2) is 0 Å². The minimum Gasteiger partial charge on any atom is -0.443 e. The van der Waals surface area contributed by atoms with Gasteiger partial charge in [0.1, 0.15) is 0 Å². The maximum absolute atomic E-state index is 12.5. The Morgan fingerprint density at radius 2 is 1.83 bits per heavy atom. The van der Waals surface area contributed by atoms with E-state index in [4.69, 9.17) is 0 Å². The summed E-state index contributed by atoms with van der Waals surface area (Å²) in [6, 6.07) is 0. The fourth-order valence-corrected chi connectivity index (χ4v) is 3.04. The van der Waals surface area contributed by atoms with Crippen LogP contribution in [-0.2, 0) is 9.53 Å². The molecule has 0 aromatic carbocycles. The summed E-state index contributed by atoms with van der Waals surface area (Å²) in [7, 11) is 3.34. The van der Waals surface area contributed by atoms with E-state index in [0.717, 1.165) is 0 Å². The molecule has 0 aromatic heterocycles. The second-order valence-electron chi connectivity index (χ2n) is 6.26. The number of hydrazone groups is 1. The van der Waals surface area contributed by atoms with Gasteiger partial charge in [-0.3, -0.25) is 4.79 Å². The molecule has 2 bridgehead atoms. The number of nitrogens with zero attached hydrogens (tertiary/aromatic N) is 2. The van der Waals surface area contributed by atoms with E-state index in [1.807, 2.05) is 0 Å². The van der Waals surface area contributed by atoms with Crippen molar-refractivity contribution in [1.29, 1.82) is 0 Å². The average Bonchev–Trinajstić information content (AvgIpc) is 2.98. The molecule has 0 aromatic rings. The molecule has 24 heavy (non-hydrogen) atoms. The van der Waals surface area contributed by atoms with Crippen LogP contribution in [0.25, 0.3) is 0 Å². The van der Waals surface area contributed by atoms with Crippen LogP contribution in [0.5, 0.6) is 0 Å². The number of rotatable bonds is 4. The monoisotopic (exact) mass is 358 g/mol. The number of hydrogen-bond acceptors (Lipinski definition) is 4. The Bertz CT molecular complexity index is 540. The van der Waals surface area contributed by atoms with Crippen LogP contribution in [0, 0.1) is 17.3 Å². The summed E-state index contributed by atoms with van der Waals surface area (Å²) in [5.41, 5.74) is -0.634. The van der Waals surface area contributed by atoms with Gasteiger partial charge in [-0.05, 0) is 18.8 Å². The Kier molecular flexibility index (Phi) is 4.62. The third kappa shape index (κ3) is 3.84. The minimum absolute atomic E-state index is 0.0762. The van der Waals surface area contributed by atoms with Gasteiger partial charge in [-0.15, -0.1) is 0 Å². The second kappa shape index (κ2) is 5.96. The van der Waals surface area contributed by atoms with Gasteiger partial charge >= 0.3 is 18.3 Å². The largest absolute Gasteiger partial charge is 0.443 e. The SMILES string of the molecule is CN(C)/N=C/C12C=C[C@@H](C1)C(C(=O)OC(C(F)(F)F)C(F)(F)F)C2. The maximum atomic E-state index is 12.5. The molecule has 0 N–H and O–H groups in total. The number of allylic oxidation sites excluding steroid dienone is 2. The number of esters is 1. The van der Waals surface area contributed by atoms with Crippen LogP contribution in [0.1, 0.15) is 12.8 Å². The number of ether oxygens (including phenoxy) is 1. The highest BCUT2D eigenvalue weighted by Gasteiger charge is 2.61. The van der Waals surface area contributed by atoms with E-state index in [2.05, 4.69) is 9.84 Å². The molecule has 0 heterocycles. The number of carbonyl (C=O) groups excluding carboxylic acids is 1. The first kappa shape index (κ1) is 18.6. The van der Waals surface area contributed by atoms with E-state index >= 15 is 0 Å². The van der Waals surface area contributed by atoms with Crippen LogP contribution in [0.2, 0.25) is 0 Å². The van der Waals surface area contributed by atoms with E-state index in [9.17, 15) is 31.1 Å². The third-order valence-electron chi connectivity index (χ3n) is 4.08. The Morgan fingerprint density at radius 1 is 1.25 bits per heavy atom. The Balaban J connectivity index is 2.11. The van der Waals surface area contributed by atoms with Gasteiger partial charge in [0, 0.05) is 25.7 Å². The van der Waals surface area contributed by atoms with Crippen molar-refractivity contribution in [3.63, 3.8) is 0 Å². The zero-order valence-electron chi connectivity index (χ0n) is 12.9. The fourth-order valence-electron chi connectivity index (χ4n) is 3.04. The van der Waals surface area contributed by atoms with Crippen molar-refractivity contribution >= 4 is 12.2 Å². The molecular formula is C14H16F6N2O2. The highest BCUT2D eigenvalue weighted by atomic mass is 19.4. The lowest BCUT2D eigenvalue weighted by molar-refractivity contribution is -0.314. The van der Waals surface area contributed by atoms with Gasteiger partial charge < -0.3 is 9.75 Å². The Morgan fingerprint density at radius 3 is 2.33 bits per heavy atom. The predicted molar refractivity (Wildman–Crippen MR) is 72.0 cm³/mol. The molecule has 2 aliphatic rings. The molecule has 136 valence electrons. The van der Waals surface area contributed by atoms with Crippen molar-refractivity contribution in [2.24, 2.45) is 22.4 Å². The van der Waals surface area contributed by atoms with Crippen LogP contribution in [-0.4, -0.2) is 49.7 Å².